The molecular weight excluding hydrogens is 339 g/mol. The van der Waals surface area contributed by atoms with Crippen molar-refractivity contribution in [2.75, 3.05) is 0 Å². The second-order valence-electron chi connectivity index (χ2n) is 9.18. The summed E-state index contributed by atoms with van der Waals surface area (Å²) in [5.41, 5.74) is 2.61. The van der Waals surface area contributed by atoms with E-state index in [1.807, 2.05) is 12.3 Å². The zero-order valence-electron chi connectivity index (χ0n) is 16.1. The largest absolute Gasteiger partial charge is 0.392 e. The first-order chi connectivity index (χ1) is 13.1. The SMILES string of the molecule is CCC1(C(O)CC2c3c(F)cccc3-c3cncn32)CC2CCCC(C2)C1. The van der Waals surface area contributed by atoms with E-state index in [9.17, 15) is 9.50 Å². The molecule has 1 N–H and O–H groups in total. The number of halogens is 1. The molecule has 2 bridgehead atoms. The van der Waals surface area contributed by atoms with Crippen LogP contribution in [0.15, 0.2) is 30.7 Å². The van der Waals surface area contributed by atoms with Gasteiger partial charge < -0.3 is 9.67 Å². The molecule has 1 aromatic carbocycles. The van der Waals surface area contributed by atoms with E-state index >= 15 is 0 Å². The quantitative estimate of drug-likeness (QED) is 0.791. The van der Waals surface area contributed by atoms with E-state index in [1.54, 1.807) is 18.5 Å². The summed E-state index contributed by atoms with van der Waals surface area (Å²) in [6.45, 7) is 2.23. The van der Waals surface area contributed by atoms with Crippen molar-refractivity contribution < 1.29 is 9.50 Å². The molecule has 27 heavy (non-hydrogen) atoms. The molecule has 1 aliphatic heterocycles. The van der Waals surface area contributed by atoms with Crippen LogP contribution in [0.25, 0.3) is 11.3 Å². The molecule has 0 amide bonds. The van der Waals surface area contributed by atoms with Crippen LogP contribution in [0.5, 0.6) is 0 Å². The average molecular weight is 368 g/mol. The minimum atomic E-state index is -0.406. The monoisotopic (exact) mass is 368 g/mol. The molecule has 0 radical (unpaired) electrons. The third-order valence-electron chi connectivity index (χ3n) is 7.80. The van der Waals surface area contributed by atoms with Crippen molar-refractivity contribution in [2.24, 2.45) is 17.3 Å². The molecule has 4 heteroatoms. The molecule has 2 fully saturated rings. The number of hydrogen-bond donors (Lipinski definition) is 1. The molecule has 2 heterocycles. The van der Waals surface area contributed by atoms with Gasteiger partial charge in [-0.3, -0.25) is 0 Å². The molecule has 3 aliphatic rings. The molecule has 5 rings (SSSR count). The van der Waals surface area contributed by atoms with Crippen LogP contribution >= 0.6 is 0 Å². The fraction of sp³-hybridized carbons (Fsp3) is 0.609. The number of nitrogens with zero attached hydrogens (tertiary/aromatic N) is 2. The molecule has 4 unspecified atom stereocenters. The summed E-state index contributed by atoms with van der Waals surface area (Å²) in [7, 11) is 0. The van der Waals surface area contributed by atoms with Crippen molar-refractivity contribution in [1.82, 2.24) is 9.55 Å². The smallest absolute Gasteiger partial charge is 0.129 e. The van der Waals surface area contributed by atoms with Gasteiger partial charge in [0.05, 0.1) is 30.4 Å². The summed E-state index contributed by atoms with van der Waals surface area (Å²) in [5, 5.41) is 11.5. The van der Waals surface area contributed by atoms with E-state index in [4.69, 9.17) is 0 Å². The first-order valence-corrected chi connectivity index (χ1v) is 10.6. The predicted octanol–water partition coefficient (Wildman–Crippen LogP) is 5.34. The second kappa shape index (κ2) is 6.44. The molecule has 1 aromatic heterocycles. The van der Waals surface area contributed by atoms with Crippen LogP contribution in [-0.2, 0) is 0 Å². The molecule has 4 atom stereocenters. The van der Waals surface area contributed by atoms with Crippen LogP contribution < -0.4 is 0 Å². The second-order valence-corrected chi connectivity index (χ2v) is 9.18. The number of rotatable bonds is 4. The van der Waals surface area contributed by atoms with Gasteiger partial charge in [-0.1, -0.05) is 38.3 Å². The van der Waals surface area contributed by atoms with Crippen LogP contribution in [-0.4, -0.2) is 20.8 Å². The number of imidazole rings is 1. The van der Waals surface area contributed by atoms with Gasteiger partial charge in [-0.2, -0.15) is 0 Å². The maximum atomic E-state index is 14.7. The Morgan fingerprint density at radius 3 is 2.81 bits per heavy atom. The maximum absolute atomic E-state index is 14.7. The van der Waals surface area contributed by atoms with E-state index in [-0.39, 0.29) is 17.3 Å². The Morgan fingerprint density at radius 2 is 2.07 bits per heavy atom. The Balaban J connectivity index is 1.47. The number of aromatic nitrogens is 2. The van der Waals surface area contributed by atoms with E-state index in [2.05, 4.69) is 16.5 Å². The van der Waals surface area contributed by atoms with Crippen LogP contribution in [0.3, 0.4) is 0 Å². The summed E-state index contributed by atoms with van der Waals surface area (Å²) in [4.78, 5) is 4.29. The molecule has 2 aliphatic carbocycles. The van der Waals surface area contributed by atoms with Gasteiger partial charge in [-0.25, -0.2) is 9.37 Å². The summed E-state index contributed by atoms with van der Waals surface area (Å²) >= 11 is 0. The average Bonchev–Trinajstić information content (AvgIpc) is 3.24. The number of hydrogen-bond acceptors (Lipinski definition) is 2. The third kappa shape index (κ3) is 2.67. The van der Waals surface area contributed by atoms with Crippen molar-refractivity contribution in [3.8, 4) is 11.3 Å². The summed E-state index contributed by atoms with van der Waals surface area (Å²) in [5.74, 6) is 1.37. The lowest BCUT2D eigenvalue weighted by Crippen LogP contribution is -2.44. The van der Waals surface area contributed by atoms with Gasteiger partial charge in [0.2, 0.25) is 0 Å². The number of fused-ring (bicyclic) bond motifs is 5. The summed E-state index contributed by atoms with van der Waals surface area (Å²) in [6, 6.07) is 5.12. The molecular formula is C23H29FN2O. The zero-order chi connectivity index (χ0) is 18.6. The molecule has 3 nitrogen and oxygen atoms in total. The van der Waals surface area contributed by atoms with E-state index < -0.39 is 6.10 Å². The summed E-state index contributed by atoms with van der Waals surface area (Å²) < 4.78 is 16.8. The summed E-state index contributed by atoms with van der Waals surface area (Å²) in [6.07, 6.45) is 12.4. The van der Waals surface area contributed by atoms with E-state index in [0.29, 0.717) is 6.42 Å². The maximum Gasteiger partial charge on any atom is 0.129 e. The highest BCUT2D eigenvalue weighted by atomic mass is 19.1. The van der Waals surface area contributed by atoms with Gasteiger partial charge in [0.15, 0.2) is 0 Å². The fourth-order valence-corrected chi connectivity index (χ4v) is 6.50. The van der Waals surface area contributed by atoms with E-state index in [1.165, 1.54) is 25.7 Å². The van der Waals surface area contributed by atoms with Crippen LogP contribution in [0.4, 0.5) is 4.39 Å². The third-order valence-corrected chi connectivity index (χ3v) is 7.80. The predicted molar refractivity (Wildman–Crippen MR) is 104 cm³/mol. The Hall–Kier alpha value is -1.68. The van der Waals surface area contributed by atoms with Crippen molar-refractivity contribution in [1.29, 1.82) is 0 Å². The first kappa shape index (κ1) is 17.4. The Morgan fingerprint density at radius 1 is 1.30 bits per heavy atom. The van der Waals surface area contributed by atoms with Gasteiger partial charge in [0.1, 0.15) is 5.82 Å². The highest BCUT2D eigenvalue weighted by Crippen LogP contribution is 2.54. The van der Waals surface area contributed by atoms with Crippen LogP contribution in [0.2, 0.25) is 0 Å². The topological polar surface area (TPSA) is 38.1 Å². The molecule has 0 spiro atoms. The van der Waals surface area contributed by atoms with E-state index in [0.717, 1.165) is 47.9 Å². The first-order valence-electron chi connectivity index (χ1n) is 10.6. The van der Waals surface area contributed by atoms with Crippen molar-refractivity contribution >= 4 is 0 Å². The van der Waals surface area contributed by atoms with Gasteiger partial charge in [-0.05, 0) is 55.4 Å². The van der Waals surface area contributed by atoms with Crippen molar-refractivity contribution in [3.63, 3.8) is 0 Å². The standard InChI is InChI=1S/C23H29FN2O/c1-2-23(11-15-5-3-6-16(9-15)12-23)21(27)10-19-22-17(7-4-8-18(22)24)20-13-25-14-26(19)20/h4,7-8,13-16,19,21,27H,2-3,5-6,9-12H2,1H3. The lowest BCUT2D eigenvalue weighted by atomic mass is 9.57. The lowest BCUT2D eigenvalue weighted by Gasteiger charge is -2.50. The van der Waals surface area contributed by atoms with Gasteiger partial charge in [0, 0.05) is 11.1 Å². The molecule has 2 saturated carbocycles. The van der Waals surface area contributed by atoms with Crippen molar-refractivity contribution in [3.05, 3.63) is 42.1 Å². The lowest BCUT2D eigenvalue weighted by molar-refractivity contribution is -0.0605. The fourth-order valence-electron chi connectivity index (χ4n) is 6.50. The van der Waals surface area contributed by atoms with Gasteiger partial charge >= 0.3 is 0 Å². The highest BCUT2D eigenvalue weighted by Gasteiger charge is 2.47. The normalized spacial score (nSPS) is 32.8. The number of aliphatic hydroxyl groups is 1. The minimum absolute atomic E-state index is 0.0112. The Kier molecular flexibility index (Phi) is 4.15. The molecule has 144 valence electrons. The van der Waals surface area contributed by atoms with Crippen LogP contribution in [0.1, 0.15) is 69.9 Å². The Labute approximate surface area is 160 Å². The highest BCUT2D eigenvalue weighted by molar-refractivity contribution is 5.69. The minimum Gasteiger partial charge on any atom is -0.392 e. The van der Waals surface area contributed by atoms with Gasteiger partial charge in [-0.15, -0.1) is 0 Å². The molecule has 2 aromatic rings. The number of benzene rings is 1. The van der Waals surface area contributed by atoms with Crippen LogP contribution in [0, 0.1) is 23.1 Å². The zero-order valence-corrected chi connectivity index (χ0v) is 16.1. The Bertz CT molecular complexity index is 833. The molecule has 0 saturated heterocycles. The van der Waals surface area contributed by atoms with Crippen molar-refractivity contribution in [2.45, 2.75) is 70.4 Å². The van der Waals surface area contributed by atoms with Gasteiger partial charge in [0.25, 0.3) is 0 Å². The number of aliphatic hydroxyl groups excluding tert-OH is 1.